The molecule has 2 rings (SSSR count). The predicted octanol–water partition coefficient (Wildman–Crippen LogP) is 3.01. The molecule has 2 atom stereocenters. The van der Waals surface area contributed by atoms with Crippen molar-refractivity contribution in [2.24, 2.45) is 11.8 Å². The Balaban J connectivity index is 1.59. The van der Waals surface area contributed by atoms with E-state index in [1.165, 1.54) is 38.5 Å². The zero-order valence-electron chi connectivity index (χ0n) is 12.1. The molecule has 2 aliphatic carbocycles. The first-order valence-electron chi connectivity index (χ1n) is 8.20. The van der Waals surface area contributed by atoms with Crippen molar-refractivity contribution >= 4 is 5.91 Å². The zero-order valence-corrected chi connectivity index (χ0v) is 12.1. The van der Waals surface area contributed by atoms with Gasteiger partial charge >= 0.3 is 0 Å². The molecule has 0 aromatic heterocycles. The van der Waals surface area contributed by atoms with Gasteiger partial charge in [-0.25, -0.2) is 0 Å². The number of hydrogen-bond acceptors (Lipinski definition) is 2. The van der Waals surface area contributed by atoms with E-state index in [9.17, 15) is 9.90 Å². The fourth-order valence-electron chi connectivity index (χ4n) is 3.75. The first-order valence-corrected chi connectivity index (χ1v) is 8.20. The molecule has 3 nitrogen and oxygen atoms in total. The van der Waals surface area contributed by atoms with Gasteiger partial charge in [0.05, 0.1) is 0 Å². The third kappa shape index (κ3) is 4.79. The van der Waals surface area contributed by atoms with E-state index >= 15 is 0 Å². The van der Waals surface area contributed by atoms with Gasteiger partial charge in [0.1, 0.15) is 0 Å². The Morgan fingerprint density at radius 3 is 2.58 bits per heavy atom. The van der Waals surface area contributed by atoms with E-state index in [2.05, 4.69) is 5.32 Å². The van der Waals surface area contributed by atoms with Gasteiger partial charge < -0.3 is 10.4 Å². The minimum atomic E-state index is 0.196. The molecule has 0 spiro atoms. The van der Waals surface area contributed by atoms with Crippen LogP contribution in [0.4, 0.5) is 0 Å². The fraction of sp³-hybridized carbons (Fsp3) is 0.938. The highest BCUT2D eigenvalue weighted by molar-refractivity contribution is 5.76. The number of aliphatic hydroxyl groups is 1. The molecule has 0 aromatic carbocycles. The van der Waals surface area contributed by atoms with Crippen molar-refractivity contribution in [3.63, 3.8) is 0 Å². The molecule has 2 aliphatic rings. The Morgan fingerprint density at radius 1 is 1.05 bits per heavy atom. The molecule has 0 saturated heterocycles. The third-order valence-corrected chi connectivity index (χ3v) is 4.98. The Hall–Kier alpha value is -0.570. The van der Waals surface area contributed by atoms with Crippen molar-refractivity contribution in [1.29, 1.82) is 0 Å². The molecule has 0 aromatic rings. The van der Waals surface area contributed by atoms with E-state index in [-0.39, 0.29) is 18.6 Å². The summed E-state index contributed by atoms with van der Waals surface area (Å²) >= 11 is 0. The Morgan fingerprint density at radius 2 is 1.84 bits per heavy atom. The van der Waals surface area contributed by atoms with Crippen LogP contribution in [0.2, 0.25) is 0 Å². The van der Waals surface area contributed by atoms with E-state index in [1.54, 1.807) is 0 Å². The lowest BCUT2D eigenvalue weighted by Crippen LogP contribution is -2.38. The number of aliphatic hydroxyl groups excluding tert-OH is 1. The summed E-state index contributed by atoms with van der Waals surface area (Å²) in [5.41, 5.74) is 0. The van der Waals surface area contributed by atoms with Crippen LogP contribution in [0.3, 0.4) is 0 Å². The van der Waals surface area contributed by atoms with E-state index in [4.69, 9.17) is 0 Å². The van der Waals surface area contributed by atoms with Gasteiger partial charge in [-0.15, -0.1) is 0 Å². The van der Waals surface area contributed by atoms with Crippen LogP contribution in [0, 0.1) is 11.8 Å². The maximum Gasteiger partial charge on any atom is 0.220 e. The molecule has 1 amide bonds. The molecule has 110 valence electrons. The monoisotopic (exact) mass is 267 g/mol. The van der Waals surface area contributed by atoms with Crippen molar-refractivity contribution in [3.05, 3.63) is 0 Å². The minimum absolute atomic E-state index is 0.196. The normalized spacial score (nSPS) is 28.5. The SMILES string of the molecule is O=C(CCCC1CCCCC1)NC1CCCC1CO. The number of hydrogen-bond donors (Lipinski definition) is 2. The van der Waals surface area contributed by atoms with Crippen molar-refractivity contribution in [2.75, 3.05) is 6.61 Å². The number of carbonyl (C=O) groups is 1. The smallest absolute Gasteiger partial charge is 0.220 e. The molecule has 0 aliphatic heterocycles. The summed E-state index contributed by atoms with van der Waals surface area (Å²) < 4.78 is 0. The van der Waals surface area contributed by atoms with Gasteiger partial charge in [0.2, 0.25) is 5.91 Å². The van der Waals surface area contributed by atoms with Crippen molar-refractivity contribution in [2.45, 2.75) is 76.7 Å². The first kappa shape index (κ1) is 14.8. The Labute approximate surface area is 117 Å². The second kappa shape index (κ2) is 7.88. The maximum atomic E-state index is 11.9. The van der Waals surface area contributed by atoms with Crippen LogP contribution in [0.5, 0.6) is 0 Å². The summed E-state index contributed by atoms with van der Waals surface area (Å²) in [6.07, 6.45) is 13.1. The highest BCUT2D eigenvalue weighted by Crippen LogP contribution is 2.28. The summed E-state index contributed by atoms with van der Waals surface area (Å²) in [5, 5.41) is 12.4. The molecule has 0 bridgehead atoms. The number of carbonyl (C=O) groups excluding carboxylic acids is 1. The fourth-order valence-corrected chi connectivity index (χ4v) is 3.75. The van der Waals surface area contributed by atoms with E-state index in [0.29, 0.717) is 12.3 Å². The standard InChI is InChI=1S/C16H29NO2/c18-12-14-9-5-10-15(14)17-16(19)11-4-8-13-6-2-1-3-7-13/h13-15,18H,1-12H2,(H,17,19). The van der Waals surface area contributed by atoms with E-state index < -0.39 is 0 Å². The summed E-state index contributed by atoms with van der Waals surface area (Å²) in [6, 6.07) is 0.229. The summed E-state index contributed by atoms with van der Waals surface area (Å²) in [6.45, 7) is 0.215. The quantitative estimate of drug-likeness (QED) is 0.777. The highest BCUT2D eigenvalue weighted by Gasteiger charge is 2.27. The summed E-state index contributed by atoms with van der Waals surface area (Å²) in [7, 11) is 0. The van der Waals surface area contributed by atoms with Gasteiger partial charge in [-0.1, -0.05) is 38.5 Å². The molecular formula is C16H29NO2. The van der Waals surface area contributed by atoms with Crippen LogP contribution in [0.1, 0.15) is 70.6 Å². The third-order valence-electron chi connectivity index (χ3n) is 4.98. The second-order valence-corrected chi connectivity index (χ2v) is 6.44. The highest BCUT2D eigenvalue weighted by atomic mass is 16.3. The summed E-state index contributed by atoms with van der Waals surface area (Å²) in [5.74, 6) is 1.36. The molecule has 0 radical (unpaired) electrons. The predicted molar refractivity (Wildman–Crippen MR) is 76.8 cm³/mol. The van der Waals surface area contributed by atoms with Crippen LogP contribution >= 0.6 is 0 Å². The lowest BCUT2D eigenvalue weighted by Gasteiger charge is -2.22. The van der Waals surface area contributed by atoms with Crippen LogP contribution < -0.4 is 5.32 Å². The summed E-state index contributed by atoms with van der Waals surface area (Å²) in [4.78, 5) is 11.9. The largest absolute Gasteiger partial charge is 0.396 e. The molecule has 0 heterocycles. The number of rotatable bonds is 6. The Bertz CT molecular complexity index is 274. The number of nitrogens with one attached hydrogen (secondary N) is 1. The molecule has 2 N–H and O–H groups in total. The molecular weight excluding hydrogens is 238 g/mol. The van der Waals surface area contributed by atoms with Gasteiger partial charge in [0.25, 0.3) is 0 Å². The van der Waals surface area contributed by atoms with E-state index in [1.807, 2.05) is 0 Å². The molecule has 2 fully saturated rings. The number of amides is 1. The van der Waals surface area contributed by atoms with Gasteiger partial charge in [0, 0.05) is 25.0 Å². The lowest BCUT2D eigenvalue weighted by atomic mass is 9.86. The van der Waals surface area contributed by atoms with E-state index in [0.717, 1.165) is 31.6 Å². The topological polar surface area (TPSA) is 49.3 Å². The van der Waals surface area contributed by atoms with Crippen molar-refractivity contribution in [3.8, 4) is 0 Å². The second-order valence-electron chi connectivity index (χ2n) is 6.44. The van der Waals surface area contributed by atoms with Crippen molar-refractivity contribution in [1.82, 2.24) is 5.32 Å². The zero-order chi connectivity index (χ0) is 13.5. The van der Waals surface area contributed by atoms with Crippen LogP contribution in [0.25, 0.3) is 0 Å². The van der Waals surface area contributed by atoms with Gasteiger partial charge in [-0.2, -0.15) is 0 Å². The molecule has 3 heteroatoms. The Kier molecular flexibility index (Phi) is 6.15. The van der Waals surface area contributed by atoms with Gasteiger partial charge in [-0.05, 0) is 31.6 Å². The molecule has 19 heavy (non-hydrogen) atoms. The van der Waals surface area contributed by atoms with Gasteiger partial charge in [0.15, 0.2) is 0 Å². The molecule has 2 saturated carbocycles. The minimum Gasteiger partial charge on any atom is -0.396 e. The average molecular weight is 267 g/mol. The van der Waals surface area contributed by atoms with Crippen LogP contribution in [-0.4, -0.2) is 23.7 Å². The van der Waals surface area contributed by atoms with Crippen molar-refractivity contribution < 1.29 is 9.90 Å². The maximum absolute atomic E-state index is 11.9. The van der Waals surface area contributed by atoms with Crippen LogP contribution in [-0.2, 0) is 4.79 Å². The molecule has 2 unspecified atom stereocenters. The van der Waals surface area contributed by atoms with Crippen LogP contribution in [0.15, 0.2) is 0 Å². The average Bonchev–Trinajstić information content (AvgIpc) is 2.87. The van der Waals surface area contributed by atoms with Gasteiger partial charge in [-0.3, -0.25) is 4.79 Å². The first-order chi connectivity index (χ1) is 9.29. The lowest BCUT2D eigenvalue weighted by molar-refractivity contribution is -0.122.